The van der Waals surface area contributed by atoms with Crippen LogP contribution in [0.4, 0.5) is 0 Å². The molecule has 5 nitrogen and oxygen atoms in total. The topological polar surface area (TPSA) is 64.8 Å². The Balaban J connectivity index is 1.58. The summed E-state index contributed by atoms with van der Waals surface area (Å²) in [5.74, 6) is 0.393. The lowest BCUT2D eigenvalue weighted by atomic mass is 10.1. The van der Waals surface area contributed by atoms with E-state index in [4.69, 9.17) is 15.2 Å². The number of likely N-dealkylation sites (tertiary alicyclic amines) is 1. The second-order valence-corrected chi connectivity index (χ2v) is 6.30. The molecule has 1 aliphatic heterocycles. The number of unbranched alkanes of at least 4 members (excludes halogenated alkanes) is 1. The minimum Gasteiger partial charge on any atom is -0.482 e. The van der Waals surface area contributed by atoms with Crippen LogP contribution in [0.3, 0.4) is 0 Å². The highest BCUT2D eigenvalue weighted by molar-refractivity contribution is 5.71. The Morgan fingerprint density at radius 1 is 1.08 bits per heavy atom. The van der Waals surface area contributed by atoms with Crippen molar-refractivity contribution in [2.75, 3.05) is 39.4 Å². The fraction of sp³-hybridized carbons (Fsp3) is 0.632. The van der Waals surface area contributed by atoms with Gasteiger partial charge in [-0.25, -0.2) is 4.79 Å². The fourth-order valence-corrected chi connectivity index (χ4v) is 2.88. The van der Waals surface area contributed by atoms with Gasteiger partial charge in [0.1, 0.15) is 12.4 Å². The maximum absolute atomic E-state index is 11.7. The fourth-order valence-electron chi connectivity index (χ4n) is 2.88. The van der Waals surface area contributed by atoms with Gasteiger partial charge in [-0.1, -0.05) is 18.6 Å². The Bertz CT molecular complexity index is 470. The maximum Gasteiger partial charge on any atom is 0.344 e. The molecule has 0 amide bonds. The van der Waals surface area contributed by atoms with Gasteiger partial charge in [-0.3, -0.25) is 4.90 Å². The highest BCUT2D eigenvalue weighted by atomic mass is 16.6. The summed E-state index contributed by atoms with van der Waals surface area (Å²) in [6.07, 6.45) is 6.98. The van der Waals surface area contributed by atoms with Crippen molar-refractivity contribution in [3.8, 4) is 5.75 Å². The van der Waals surface area contributed by atoms with Crippen LogP contribution in [-0.2, 0) is 16.0 Å². The van der Waals surface area contributed by atoms with Crippen LogP contribution >= 0.6 is 0 Å². The molecule has 2 rings (SSSR count). The van der Waals surface area contributed by atoms with Gasteiger partial charge in [-0.15, -0.1) is 0 Å². The number of hydrogen-bond donors (Lipinski definition) is 1. The third-order valence-electron chi connectivity index (χ3n) is 4.32. The summed E-state index contributed by atoms with van der Waals surface area (Å²) in [4.78, 5) is 14.1. The minimum atomic E-state index is -0.306. The van der Waals surface area contributed by atoms with E-state index in [0.717, 1.165) is 45.4 Å². The number of piperidine rings is 1. The van der Waals surface area contributed by atoms with Crippen LogP contribution in [0.5, 0.6) is 5.75 Å². The number of nitrogens with zero attached hydrogens (tertiary/aromatic N) is 1. The molecule has 1 fully saturated rings. The van der Waals surface area contributed by atoms with E-state index in [2.05, 4.69) is 4.90 Å². The summed E-state index contributed by atoms with van der Waals surface area (Å²) in [5, 5.41) is 0. The SMILES string of the molecule is NCCCCc1ccc(OCC(=O)OCCN2CCCCC2)cc1. The molecule has 0 radical (unpaired) electrons. The zero-order valence-corrected chi connectivity index (χ0v) is 14.5. The molecule has 0 unspecified atom stereocenters. The third kappa shape index (κ3) is 7.32. The van der Waals surface area contributed by atoms with Crippen LogP contribution in [0.2, 0.25) is 0 Å². The highest BCUT2D eigenvalue weighted by Crippen LogP contribution is 2.14. The van der Waals surface area contributed by atoms with Gasteiger partial charge in [0, 0.05) is 6.54 Å². The van der Waals surface area contributed by atoms with Gasteiger partial charge in [0.25, 0.3) is 0 Å². The molecule has 0 aromatic heterocycles. The van der Waals surface area contributed by atoms with Crippen LogP contribution in [0.1, 0.15) is 37.7 Å². The molecule has 1 aliphatic rings. The summed E-state index contributed by atoms with van der Waals surface area (Å²) in [6, 6.07) is 7.87. The molecular formula is C19H30N2O3. The molecule has 0 atom stereocenters. The predicted octanol–water partition coefficient (Wildman–Crippen LogP) is 2.38. The summed E-state index contributed by atoms with van der Waals surface area (Å²) in [6.45, 7) is 4.20. The Morgan fingerprint density at radius 2 is 1.83 bits per heavy atom. The molecule has 0 spiro atoms. The number of carbonyl (C=O) groups excluding carboxylic acids is 1. The summed E-state index contributed by atoms with van der Waals surface area (Å²) in [5.41, 5.74) is 6.76. The first-order valence-corrected chi connectivity index (χ1v) is 9.08. The molecule has 134 valence electrons. The second-order valence-electron chi connectivity index (χ2n) is 6.30. The van der Waals surface area contributed by atoms with Crippen LogP contribution < -0.4 is 10.5 Å². The van der Waals surface area contributed by atoms with Crippen LogP contribution in [-0.4, -0.2) is 50.3 Å². The van der Waals surface area contributed by atoms with E-state index in [-0.39, 0.29) is 12.6 Å². The van der Waals surface area contributed by atoms with E-state index >= 15 is 0 Å². The molecule has 0 saturated carbocycles. The van der Waals surface area contributed by atoms with Crippen molar-refractivity contribution < 1.29 is 14.3 Å². The molecule has 5 heteroatoms. The first-order chi connectivity index (χ1) is 11.8. The lowest BCUT2D eigenvalue weighted by molar-refractivity contribution is -0.146. The first-order valence-electron chi connectivity index (χ1n) is 9.08. The molecule has 0 aliphatic carbocycles. The van der Waals surface area contributed by atoms with Crippen molar-refractivity contribution in [1.82, 2.24) is 4.90 Å². The molecule has 0 bridgehead atoms. The number of benzene rings is 1. The van der Waals surface area contributed by atoms with Gasteiger partial charge in [-0.2, -0.15) is 0 Å². The third-order valence-corrected chi connectivity index (χ3v) is 4.32. The summed E-state index contributed by atoms with van der Waals surface area (Å²) in [7, 11) is 0. The molecular weight excluding hydrogens is 304 g/mol. The number of hydrogen-bond acceptors (Lipinski definition) is 5. The number of esters is 1. The smallest absolute Gasteiger partial charge is 0.344 e. The number of carbonyl (C=O) groups is 1. The van der Waals surface area contributed by atoms with Crippen LogP contribution in [0, 0.1) is 0 Å². The number of ether oxygens (including phenoxy) is 2. The molecule has 2 N–H and O–H groups in total. The molecule has 1 heterocycles. The lowest BCUT2D eigenvalue weighted by Gasteiger charge is -2.25. The van der Waals surface area contributed by atoms with E-state index < -0.39 is 0 Å². The second kappa shape index (κ2) is 11.0. The maximum atomic E-state index is 11.7. The van der Waals surface area contributed by atoms with Gasteiger partial charge in [0.05, 0.1) is 0 Å². The number of rotatable bonds is 10. The first kappa shape index (κ1) is 18.7. The monoisotopic (exact) mass is 334 g/mol. The minimum absolute atomic E-state index is 0.0352. The number of aryl methyl sites for hydroxylation is 1. The van der Waals surface area contributed by atoms with Gasteiger partial charge in [0.15, 0.2) is 6.61 Å². The van der Waals surface area contributed by atoms with Crippen LogP contribution in [0.15, 0.2) is 24.3 Å². The Morgan fingerprint density at radius 3 is 2.54 bits per heavy atom. The van der Waals surface area contributed by atoms with Crippen molar-refractivity contribution in [3.05, 3.63) is 29.8 Å². The average Bonchev–Trinajstić information content (AvgIpc) is 2.62. The standard InChI is InChI=1S/C19H30N2O3/c20-11-3-2-6-17-7-9-18(10-8-17)24-16-19(22)23-15-14-21-12-4-1-5-13-21/h7-10H,1-6,11-16,20H2. The van der Waals surface area contributed by atoms with Crippen molar-refractivity contribution >= 4 is 5.97 Å². The zero-order chi connectivity index (χ0) is 17.0. The van der Waals surface area contributed by atoms with Gasteiger partial charge < -0.3 is 15.2 Å². The van der Waals surface area contributed by atoms with E-state index in [9.17, 15) is 4.79 Å². The molecule has 1 aromatic rings. The van der Waals surface area contributed by atoms with E-state index in [1.807, 2.05) is 24.3 Å². The largest absolute Gasteiger partial charge is 0.482 e. The molecule has 1 aromatic carbocycles. The Labute approximate surface area is 145 Å². The lowest BCUT2D eigenvalue weighted by Crippen LogP contribution is -2.33. The number of nitrogens with two attached hydrogens (primary N) is 1. The zero-order valence-electron chi connectivity index (χ0n) is 14.5. The van der Waals surface area contributed by atoms with Crippen molar-refractivity contribution in [2.45, 2.75) is 38.5 Å². The van der Waals surface area contributed by atoms with Gasteiger partial charge >= 0.3 is 5.97 Å². The Kier molecular flexibility index (Phi) is 8.63. The van der Waals surface area contributed by atoms with E-state index in [1.54, 1.807) is 0 Å². The van der Waals surface area contributed by atoms with Crippen molar-refractivity contribution in [3.63, 3.8) is 0 Å². The average molecular weight is 334 g/mol. The van der Waals surface area contributed by atoms with Crippen molar-refractivity contribution in [1.29, 1.82) is 0 Å². The quantitative estimate of drug-likeness (QED) is 0.526. The molecule has 24 heavy (non-hydrogen) atoms. The normalized spacial score (nSPS) is 15.2. The summed E-state index contributed by atoms with van der Waals surface area (Å²) < 4.78 is 10.7. The van der Waals surface area contributed by atoms with Gasteiger partial charge in [-0.05, 0) is 69.4 Å². The van der Waals surface area contributed by atoms with Crippen LogP contribution in [0.25, 0.3) is 0 Å². The Hall–Kier alpha value is -1.59. The van der Waals surface area contributed by atoms with E-state index in [0.29, 0.717) is 12.4 Å². The molecule has 1 saturated heterocycles. The predicted molar refractivity (Wildman–Crippen MR) is 95.2 cm³/mol. The van der Waals surface area contributed by atoms with Gasteiger partial charge in [0.2, 0.25) is 0 Å². The summed E-state index contributed by atoms with van der Waals surface area (Å²) >= 11 is 0. The van der Waals surface area contributed by atoms with Crippen molar-refractivity contribution in [2.24, 2.45) is 5.73 Å². The van der Waals surface area contributed by atoms with E-state index in [1.165, 1.54) is 24.8 Å². The highest BCUT2D eigenvalue weighted by Gasteiger charge is 2.11.